The molecule has 1 heterocycles. The number of amides is 2. The first-order chi connectivity index (χ1) is 10.0. The second kappa shape index (κ2) is 6.61. The van der Waals surface area contributed by atoms with Gasteiger partial charge in [-0.3, -0.25) is 0 Å². The van der Waals surface area contributed by atoms with Gasteiger partial charge in [-0.05, 0) is 36.9 Å². The molecule has 1 aromatic carbocycles. The summed E-state index contributed by atoms with van der Waals surface area (Å²) in [6.07, 6.45) is 1.31. The van der Waals surface area contributed by atoms with Crippen LogP contribution in [0, 0.1) is 24.2 Å². The molecule has 2 rings (SSSR count). The Kier molecular flexibility index (Phi) is 4.83. The lowest BCUT2D eigenvalue weighted by Gasteiger charge is -2.17. The number of benzene rings is 1. The number of nitrogens with one attached hydrogen (secondary N) is 1. The van der Waals surface area contributed by atoms with Crippen molar-refractivity contribution in [3.8, 4) is 6.07 Å². The molecule has 1 saturated heterocycles. The van der Waals surface area contributed by atoms with E-state index in [1.54, 1.807) is 30.0 Å². The number of carbonyl (C=O) groups excluding carboxylic acids is 1. The molecule has 0 aromatic heterocycles. The van der Waals surface area contributed by atoms with Gasteiger partial charge in [0.15, 0.2) is 0 Å². The fourth-order valence-electron chi connectivity index (χ4n) is 2.51. The van der Waals surface area contributed by atoms with Crippen LogP contribution in [0.3, 0.4) is 0 Å². The van der Waals surface area contributed by atoms with Gasteiger partial charge in [-0.25, -0.2) is 4.79 Å². The predicted molar refractivity (Wildman–Crippen MR) is 79.9 cm³/mol. The van der Waals surface area contributed by atoms with Crippen molar-refractivity contribution in [2.75, 3.05) is 18.4 Å². The number of nitrogens with zero attached hydrogens (tertiary/aromatic N) is 2. The van der Waals surface area contributed by atoms with Crippen LogP contribution in [0.15, 0.2) is 18.2 Å². The van der Waals surface area contributed by atoms with Gasteiger partial charge < -0.3 is 20.3 Å². The summed E-state index contributed by atoms with van der Waals surface area (Å²) in [5.74, 6) is 0.244. The molecular formula is C14H18BN3O3. The minimum Gasteiger partial charge on any atom is -0.423 e. The van der Waals surface area contributed by atoms with Crippen LogP contribution in [-0.2, 0) is 0 Å². The normalized spacial score (nSPS) is 17.4. The zero-order valence-corrected chi connectivity index (χ0v) is 11.9. The van der Waals surface area contributed by atoms with Crippen LogP contribution in [0.4, 0.5) is 10.5 Å². The molecule has 1 aliphatic heterocycles. The molecule has 110 valence electrons. The van der Waals surface area contributed by atoms with Crippen LogP contribution in [0.5, 0.6) is 0 Å². The molecule has 1 fully saturated rings. The Bertz CT molecular complexity index is 571. The van der Waals surface area contributed by atoms with Gasteiger partial charge in [-0.2, -0.15) is 5.26 Å². The third-order valence-corrected chi connectivity index (χ3v) is 3.76. The monoisotopic (exact) mass is 287 g/mol. The van der Waals surface area contributed by atoms with Crippen molar-refractivity contribution in [1.29, 1.82) is 5.26 Å². The van der Waals surface area contributed by atoms with E-state index < -0.39 is 7.12 Å². The van der Waals surface area contributed by atoms with E-state index in [0.717, 1.165) is 12.0 Å². The molecule has 0 radical (unpaired) electrons. The van der Waals surface area contributed by atoms with E-state index >= 15 is 0 Å². The Morgan fingerprint density at radius 1 is 1.57 bits per heavy atom. The lowest BCUT2D eigenvalue weighted by molar-refractivity contribution is 0.221. The summed E-state index contributed by atoms with van der Waals surface area (Å²) in [5.41, 5.74) is 1.65. The van der Waals surface area contributed by atoms with Crippen molar-refractivity contribution in [3.05, 3.63) is 23.8 Å². The maximum absolute atomic E-state index is 12.1. The molecule has 1 atom stereocenters. The highest BCUT2D eigenvalue weighted by Gasteiger charge is 2.26. The number of hydrogen-bond acceptors (Lipinski definition) is 4. The number of nitriles is 1. The van der Waals surface area contributed by atoms with E-state index in [-0.39, 0.29) is 11.9 Å². The van der Waals surface area contributed by atoms with Gasteiger partial charge in [0.1, 0.15) is 0 Å². The zero-order chi connectivity index (χ0) is 15.4. The number of rotatable bonds is 3. The summed E-state index contributed by atoms with van der Waals surface area (Å²) in [6.45, 7) is 2.99. The van der Waals surface area contributed by atoms with Gasteiger partial charge in [0.25, 0.3) is 0 Å². The summed E-state index contributed by atoms with van der Waals surface area (Å²) in [5, 5.41) is 30.0. The summed E-state index contributed by atoms with van der Waals surface area (Å²) in [4.78, 5) is 13.8. The Balaban J connectivity index is 2.01. The maximum atomic E-state index is 12.1. The predicted octanol–water partition coefficient (Wildman–Crippen LogP) is 0.442. The van der Waals surface area contributed by atoms with Crippen molar-refractivity contribution >= 4 is 24.3 Å². The summed E-state index contributed by atoms with van der Waals surface area (Å²) in [6, 6.07) is 6.92. The van der Waals surface area contributed by atoms with Gasteiger partial charge in [0.2, 0.25) is 0 Å². The van der Waals surface area contributed by atoms with E-state index in [2.05, 4.69) is 11.4 Å². The minimum atomic E-state index is -1.56. The van der Waals surface area contributed by atoms with Gasteiger partial charge >= 0.3 is 13.1 Å². The van der Waals surface area contributed by atoms with Crippen LogP contribution in [0.1, 0.15) is 18.4 Å². The third kappa shape index (κ3) is 3.75. The smallest absolute Gasteiger partial charge is 0.423 e. The molecule has 1 aromatic rings. The van der Waals surface area contributed by atoms with Crippen molar-refractivity contribution in [1.82, 2.24) is 4.90 Å². The molecule has 2 amide bonds. The highest BCUT2D eigenvalue weighted by atomic mass is 16.4. The average molecular weight is 287 g/mol. The Labute approximate surface area is 124 Å². The molecule has 0 bridgehead atoms. The number of aryl methyl sites for hydroxylation is 1. The van der Waals surface area contributed by atoms with E-state index in [9.17, 15) is 14.8 Å². The van der Waals surface area contributed by atoms with Gasteiger partial charge in [-0.1, -0.05) is 11.6 Å². The summed E-state index contributed by atoms with van der Waals surface area (Å²) < 4.78 is 0. The van der Waals surface area contributed by atoms with E-state index in [1.807, 2.05) is 0 Å². The van der Waals surface area contributed by atoms with Crippen LogP contribution in [0.2, 0.25) is 0 Å². The molecule has 3 N–H and O–H groups in total. The summed E-state index contributed by atoms with van der Waals surface area (Å²) >= 11 is 0. The molecule has 1 aliphatic rings. The quantitative estimate of drug-likeness (QED) is 0.703. The van der Waals surface area contributed by atoms with Crippen molar-refractivity contribution in [2.45, 2.75) is 19.8 Å². The van der Waals surface area contributed by atoms with Crippen molar-refractivity contribution < 1.29 is 14.8 Å². The Morgan fingerprint density at radius 2 is 2.33 bits per heavy atom. The van der Waals surface area contributed by atoms with E-state index in [1.165, 1.54) is 0 Å². The minimum absolute atomic E-state index is 0.224. The number of carbonyl (C=O) groups is 1. The van der Waals surface area contributed by atoms with Gasteiger partial charge in [-0.15, -0.1) is 0 Å². The summed E-state index contributed by atoms with van der Waals surface area (Å²) in [7, 11) is -1.56. The lowest BCUT2D eigenvalue weighted by Crippen LogP contribution is -2.35. The number of urea groups is 1. The molecular weight excluding hydrogens is 269 g/mol. The molecule has 21 heavy (non-hydrogen) atoms. The van der Waals surface area contributed by atoms with Crippen LogP contribution in [-0.4, -0.2) is 41.2 Å². The first-order valence-electron chi connectivity index (χ1n) is 6.91. The number of anilines is 1. The molecule has 0 saturated carbocycles. The molecule has 0 aliphatic carbocycles. The fraction of sp³-hybridized carbons (Fsp3) is 0.429. The van der Waals surface area contributed by atoms with Crippen molar-refractivity contribution in [2.24, 2.45) is 5.92 Å². The van der Waals surface area contributed by atoms with E-state index in [0.29, 0.717) is 30.7 Å². The van der Waals surface area contributed by atoms with Crippen LogP contribution in [0.25, 0.3) is 0 Å². The Hall–Kier alpha value is -2.04. The zero-order valence-electron chi connectivity index (χ0n) is 11.9. The SMILES string of the molecule is Cc1ccc(NC(=O)N2CCC(CC#N)C2)cc1B(O)O. The number of likely N-dealkylation sites (tertiary alicyclic amines) is 1. The second-order valence-electron chi connectivity index (χ2n) is 5.34. The third-order valence-electron chi connectivity index (χ3n) is 3.76. The van der Waals surface area contributed by atoms with Gasteiger partial charge in [0.05, 0.1) is 6.07 Å². The van der Waals surface area contributed by atoms with Gasteiger partial charge in [0, 0.05) is 25.2 Å². The largest absolute Gasteiger partial charge is 0.488 e. The lowest BCUT2D eigenvalue weighted by atomic mass is 9.77. The second-order valence-corrected chi connectivity index (χ2v) is 5.34. The molecule has 1 unspecified atom stereocenters. The highest BCUT2D eigenvalue weighted by Crippen LogP contribution is 2.20. The highest BCUT2D eigenvalue weighted by molar-refractivity contribution is 6.59. The molecule has 6 nitrogen and oxygen atoms in total. The average Bonchev–Trinajstić information content (AvgIpc) is 2.90. The molecule has 7 heteroatoms. The topological polar surface area (TPSA) is 96.6 Å². The Morgan fingerprint density at radius 3 is 3.00 bits per heavy atom. The maximum Gasteiger partial charge on any atom is 0.488 e. The van der Waals surface area contributed by atoms with Crippen LogP contribution < -0.4 is 10.8 Å². The molecule has 0 spiro atoms. The van der Waals surface area contributed by atoms with E-state index in [4.69, 9.17) is 5.26 Å². The van der Waals surface area contributed by atoms with Crippen molar-refractivity contribution in [3.63, 3.8) is 0 Å². The van der Waals surface area contributed by atoms with Crippen LogP contribution >= 0.6 is 0 Å². The number of hydrogen-bond donors (Lipinski definition) is 3. The first-order valence-corrected chi connectivity index (χ1v) is 6.91. The fourth-order valence-corrected chi connectivity index (χ4v) is 2.51. The first kappa shape index (κ1) is 15.4. The standard InChI is InChI=1S/C14H18BN3O3/c1-10-2-3-12(8-13(10)15(20)21)17-14(19)18-7-5-11(9-18)4-6-16/h2-3,8,11,20-21H,4-5,7,9H2,1H3,(H,17,19).